The molecule has 29 heavy (non-hydrogen) atoms. The number of likely N-dealkylation sites (tertiary alicyclic amines) is 1. The number of nitrogens with two attached hydrogens (primary N) is 1. The summed E-state index contributed by atoms with van der Waals surface area (Å²) < 4.78 is 6.14. The second kappa shape index (κ2) is 7.79. The van der Waals surface area contributed by atoms with E-state index in [4.69, 9.17) is 10.5 Å². The fourth-order valence-corrected chi connectivity index (χ4v) is 3.82. The van der Waals surface area contributed by atoms with Crippen molar-refractivity contribution in [2.45, 2.75) is 38.8 Å². The zero-order valence-corrected chi connectivity index (χ0v) is 16.7. The summed E-state index contributed by atoms with van der Waals surface area (Å²) in [5.74, 6) is 0.130. The number of benzene rings is 1. The van der Waals surface area contributed by atoms with Crippen LogP contribution in [0, 0.1) is 0 Å². The van der Waals surface area contributed by atoms with E-state index < -0.39 is 5.78 Å². The van der Waals surface area contributed by atoms with Gasteiger partial charge in [-0.2, -0.15) is 0 Å². The van der Waals surface area contributed by atoms with Crippen LogP contribution in [0.25, 0.3) is 11.3 Å². The van der Waals surface area contributed by atoms with Crippen LogP contribution in [0.15, 0.2) is 48.2 Å². The molecule has 1 saturated heterocycles. The maximum atomic E-state index is 12.3. The van der Waals surface area contributed by atoms with Crippen molar-refractivity contribution in [2.75, 3.05) is 13.1 Å². The summed E-state index contributed by atoms with van der Waals surface area (Å²) in [6, 6.07) is 11.6. The minimum absolute atomic E-state index is 0.0700. The third-order valence-corrected chi connectivity index (χ3v) is 5.58. The van der Waals surface area contributed by atoms with Crippen LogP contribution in [0.1, 0.15) is 47.5 Å². The second-order valence-electron chi connectivity index (χ2n) is 7.86. The Morgan fingerprint density at radius 2 is 1.76 bits per heavy atom. The van der Waals surface area contributed by atoms with Gasteiger partial charge in [-0.25, -0.2) is 4.98 Å². The van der Waals surface area contributed by atoms with E-state index >= 15 is 0 Å². The lowest BCUT2D eigenvalue weighted by molar-refractivity contribution is 0.0843. The van der Waals surface area contributed by atoms with Crippen molar-refractivity contribution in [3.8, 4) is 17.0 Å². The van der Waals surface area contributed by atoms with E-state index in [1.165, 1.54) is 0 Å². The summed E-state index contributed by atoms with van der Waals surface area (Å²) in [4.78, 5) is 31.1. The number of hydrogen-bond donors (Lipinski definition) is 1. The number of Topliss-reactive ketones (excluding diaryl/α,β-unsaturated/α-hetero) is 1. The summed E-state index contributed by atoms with van der Waals surface area (Å²) in [7, 11) is 0. The van der Waals surface area contributed by atoms with E-state index in [0.29, 0.717) is 17.3 Å². The number of nitrogens with zero attached hydrogens (tertiary/aromatic N) is 2. The lowest BCUT2D eigenvalue weighted by Gasteiger charge is -2.34. The lowest BCUT2D eigenvalue weighted by Crippen LogP contribution is -2.41. The molecule has 0 bridgehead atoms. The summed E-state index contributed by atoms with van der Waals surface area (Å²) in [6.45, 7) is 6.57. The summed E-state index contributed by atoms with van der Waals surface area (Å²) in [5.41, 5.74) is 7.45. The Morgan fingerprint density at radius 3 is 2.41 bits per heavy atom. The van der Waals surface area contributed by atoms with Gasteiger partial charge in [-0.05, 0) is 63.1 Å². The molecule has 6 nitrogen and oxygen atoms in total. The highest BCUT2D eigenvalue weighted by Crippen LogP contribution is 2.26. The fraction of sp³-hybridized carbons (Fsp3) is 0.348. The standard InChI is InChI=1S/C23H25N3O3/c1-14(2)26-11-9-17(10-12-26)29-16-5-3-15(4-6-16)20-8-7-18-21(27)13-19(24)23(28)22(18)25-20/h3-8,13-14,17H,9-12,24H2,1-2H3. The second-order valence-corrected chi connectivity index (χ2v) is 7.86. The quantitative estimate of drug-likeness (QED) is 0.861. The molecule has 1 fully saturated rings. The first-order valence-corrected chi connectivity index (χ1v) is 10.0. The average Bonchev–Trinajstić information content (AvgIpc) is 2.73. The first-order chi connectivity index (χ1) is 13.9. The molecule has 0 unspecified atom stereocenters. The van der Waals surface area contributed by atoms with Gasteiger partial charge in [-0.1, -0.05) is 0 Å². The van der Waals surface area contributed by atoms with Crippen LogP contribution in [-0.2, 0) is 0 Å². The van der Waals surface area contributed by atoms with Crippen molar-refractivity contribution in [1.82, 2.24) is 9.88 Å². The number of piperidine rings is 1. The van der Waals surface area contributed by atoms with E-state index in [1.54, 1.807) is 12.1 Å². The smallest absolute Gasteiger partial charge is 0.227 e. The van der Waals surface area contributed by atoms with Gasteiger partial charge < -0.3 is 15.4 Å². The molecule has 1 aliphatic heterocycles. The van der Waals surface area contributed by atoms with Crippen LogP contribution >= 0.6 is 0 Å². The first-order valence-electron chi connectivity index (χ1n) is 10.0. The molecule has 150 valence electrons. The van der Waals surface area contributed by atoms with Gasteiger partial charge in [0.25, 0.3) is 0 Å². The molecule has 2 N–H and O–H groups in total. The maximum Gasteiger partial charge on any atom is 0.227 e. The average molecular weight is 391 g/mol. The number of allylic oxidation sites excluding steroid dienone is 2. The van der Waals surface area contributed by atoms with Gasteiger partial charge in [0.15, 0.2) is 5.78 Å². The number of aromatic nitrogens is 1. The highest BCUT2D eigenvalue weighted by molar-refractivity contribution is 6.23. The Bertz CT molecular complexity index is 971. The number of carbonyl (C=O) groups is 2. The Hall–Kier alpha value is -2.99. The van der Waals surface area contributed by atoms with Crippen molar-refractivity contribution < 1.29 is 14.3 Å². The van der Waals surface area contributed by atoms with Crippen LogP contribution in [0.2, 0.25) is 0 Å². The van der Waals surface area contributed by atoms with Crippen LogP contribution in [0.3, 0.4) is 0 Å². The predicted molar refractivity (Wildman–Crippen MR) is 111 cm³/mol. The van der Waals surface area contributed by atoms with Gasteiger partial charge in [-0.3, -0.25) is 9.59 Å². The number of rotatable bonds is 4. The number of ether oxygens (including phenoxy) is 1. The third kappa shape index (κ3) is 3.93. The van der Waals surface area contributed by atoms with Crippen LogP contribution in [0.4, 0.5) is 0 Å². The Labute approximate surface area is 170 Å². The van der Waals surface area contributed by atoms with Gasteiger partial charge in [0, 0.05) is 30.8 Å². The van der Waals surface area contributed by atoms with Gasteiger partial charge in [0.2, 0.25) is 5.78 Å². The van der Waals surface area contributed by atoms with E-state index in [0.717, 1.165) is 43.3 Å². The SMILES string of the molecule is CC(C)N1CCC(Oc2ccc(-c3ccc4c(n3)C(=O)C(N)=CC4=O)cc2)CC1. The van der Waals surface area contributed by atoms with E-state index in [-0.39, 0.29) is 23.3 Å². The molecule has 2 heterocycles. The minimum Gasteiger partial charge on any atom is -0.490 e. The highest BCUT2D eigenvalue weighted by atomic mass is 16.5. The molecule has 4 rings (SSSR count). The number of fused-ring (bicyclic) bond motifs is 1. The van der Waals surface area contributed by atoms with Crippen molar-refractivity contribution >= 4 is 11.6 Å². The molecule has 0 amide bonds. The van der Waals surface area contributed by atoms with Gasteiger partial charge in [0.1, 0.15) is 17.5 Å². The van der Waals surface area contributed by atoms with Crippen molar-refractivity contribution in [3.05, 3.63) is 59.4 Å². The molecule has 0 saturated carbocycles. The molecule has 0 atom stereocenters. The molecule has 0 radical (unpaired) electrons. The number of ketones is 2. The van der Waals surface area contributed by atoms with Crippen molar-refractivity contribution in [3.63, 3.8) is 0 Å². The number of pyridine rings is 1. The van der Waals surface area contributed by atoms with Gasteiger partial charge >= 0.3 is 0 Å². The molecular weight excluding hydrogens is 366 g/mol. The van der Waals surface area contributed by atoms with Crippen molar-refractivity contribution in [1.29, 1.82) is 0 Å². The molecule has 1 aromatic carbocycles. The zero-order chi connectivity index (χ0) is 20.5. The topological polar surface area (TPSA) is 85.5 Å². The Balaban J connectivity index is 1.47. The highest BCUT2D eigenvalue weighted by Gasteiger charge is 2.26. The largest absolute Gasteiger partial charge is 0.490 e. The van der Waals surface area contributed by atoms with Crippen LogP contribution in [-0.4, -0.2) is 46.7 Å². The van der Waals surface area contributed by atoms with Crippen LogP contribution in [0.5, 0.6) is 5.75 Å². The molecule has 2 aliphatic rings. The van der Waals surface area contributed by atoms with Gasteiger partial charge in [-0.15, -0.1) is 0 Å². The molecule has 1 aliphatic carbocycles. The Kier molecular flexibility index (Phi) is 5.20. The molecule has 2 aromatic rings. The number of hydrogen-bond acceptors (Lipinski definition) is 6. The molecular formula is C23H25N3O3. The molecule has 1 aromatic heterocycles. The summed E-state index contributed by atoms with van der Waals surface area (Å²) in [5, 5.41) is 0. The number of carbonyl (C=O) groups excluding carboxylic acids is 2. The zero-order valence-electron chi connectivity index (χ0n) is 16.7. The molecule has 0 spiro atoms. The third-order valence-electron chi connectivity index (χ3n) is 5.58. The van der Waals surface area contributed by atoms with Gasteiger partial charge in [0.05, 0.1) is 17.0 Å². The monoisotopic (exact) mass is 391 g/mol. The normalized spacial score (nSPS) is 18.0. The van der Waals surface area contributed by atoms with Crippen LogP contribution < -0.4 is 10.5 Å². The summed E-state index contributed by atoms with van der Waals surface area (Å²) >= 11 is 0. The Morgan fingerprint density at radius 1 is 1.07 bits per heavy atom. The molecule has 6 heteroatoms. The first kappa shape index (κ1) is 19.3. The maximum absolute atomic E-state index is 12.3. The minimum atomic E-state index is -0.408. The van der Waals surface area contributed by atoms with E-state index in [2.05, 4.69) is 23.7 Å². The summed E-state index contributed by atoms with van der Waals surface area (Å²) in [6.07, 6.45) is 3.44. The predicted octanol–water partition coefficient (Wildman–Crippen LogP) is 3.22. The fourth-order valence-electron chi connectivity index (χ4n) is 3.82. The van der Waals surface area contributed by atoms with Crippen molar-refractivity contribution in [2.24, 2.45) is 5.73 Å². The van der Waals surface area contributed by atoms with E-state index in [1.807, 2.05) is 24.3 Å². The van der Waals surface area contributed by atoms with E-state index in [9.17, 15) is 9.59 Å². The lowest BCUT2D eigenvalue weighted by atomic mass is 9.96.